The largest absolute Gasteiger partial charge is 0.444 e. The van der Waals surface area contributed by atoms with Gasteiger partial charge in [-0.2, -0.15) is 0 Å². The maximum Gasteiger partial charge on any atom is 0.410 e. The zero-order valence-corrected chi connectivity index (χ0v) is 27.2. The lowest BCUT2D eigenvalue weighted by molar-refractivity contribution is -0.141. The minimum Gasteiger partial charge on any atom is -0.444 e. The fourth-order valence-electron chi connectivity index (χ4n) is 5.31. The minimum absolute atomic E-state index is 0.0965. The Kier molecular flexibility index (Phi) is 9.94. The smallest absolute Gasteiger partial charge is 0.410 e. The first kappa shape index (κ1) is 32.2. The molecule has 1 N–H and O–H groups in total. The number of hydrogen-bond acceptors (Lipinski definition) is 8. The molecule has 0 spiro atoms. The van der Waals surface area contributed by atoms with Crippen molar-refractivity contribution in [2.75, 3.05) is 13.6 Å². The van der Waals surface area contributed by atoms with Gasteiger partial charge in [-0.15, -0.1) is 11.3 Å². The predicted octanol–water partition coefficient (Wildman–Crippen LogP) is 6.08. The van der Waals surface area contributed by atoms with Crippen LogP contribution < -0.4 is 5.32 Å². The van der Waals surface area contributed by atoms with Crippen LogP contribution in [-0.4, -0.2) is 63.1 Å². The Hall–Kier alpha value is -3.73. The topological polar surface area (TPSA) is 118 Å². The third kappa shape index (κ3) is 7.81. The fourth-order valence-corrected chi connectivity index (χ4v) is 6.12. The van der Waals surface area contributed by atoms with Gasteiger partial charge in [0.2, 0.25) is 11.8 Å². The third-order valence-corrected chi connectivity index (χ3v) is 8.51. The molecule has 2 aromatic heterocycles. The highest BCUT2D eigenvalue weighted by atomic mass is 32.1. The number of likely N-dealkylation sites (tertiary alicyclic amines) is 1. The van der Waals surface area contributed by atoms with Gasteiger partial charge >= 0.3 is 6.09 Å². The standard InChI is InChI=1S/C32H43N5O5S/c1-19(2)27(26-16-24(35-42-26)17-36(8)31(40)41-32(5,6)7)30(39)37-15-9-10-25(37)29(38)34-20(3)22-11-13-23(14-12-22)28-21(4)33-18-43-28/h11-14,16,18-20,25,27H,9-10,15,17H2,1-8H3,(H,34,38). The van der Waals surface area contributed by atoms with E-state index in [9.17, 15) is 14.4 Å². The molecule has 11 heteroatoms. The molecule has 1 aliphatic heterocycles. The van der Waals surface area contributed by atoms with Crippen LogP contribution in [0, 0.1) is 12.8 Å². The molecular formula is C32H43N5O5S. The Morgan fingerprint density at radius 3 is 2.49 bits per heavy atom. The molecule has 4 rings (SSSR count). The maximum absolute atomic E-state index is 13.9. The van der Waals surface area contributed by atoms with Crippen molar-refractivity contribution >= 4 is 29.2 Å². The number of thiazole rings is 1. The number of ether oxygens (including phenoxy) is 1. The van der Waals surface area contributed by atoms with Gasteiger partial charge in [-0.1, -0.05) is 43.3 Å². The Bertz CT molecular complexity index is 1420. The predicted molar refractivity (Wildman–Crippen MR) is 165 cm³/mol. The lowest BCUT2D eigenvalue weighted by Gasteiger charge is -2.29. The number of aromatic nitrogens is 2. The summed E-state index contributed by atoms with van der Waals surface area (Å²) in [5.74, 6) is -0.612. The van der Waals surface area contributed by atoms with Gasteiger partial charge < -0.3 is 24.4 Å². The van der Waals surface area contributed by atoms with Crippen LogP contribution in [0.2, 0.25) is 0 Å². The molecule has 10 nitrogen and oxygen atoms in total. The number of rotatable bonds is 9. The van der Waals surface area contributed by atoms with Gasteiger partial charge in [-0.05, 0) is 64.5 Å². The quantitative estimate of drug-likeness (QED) is 0.312. The molecule has 43 heavy (non-hydrogen) atoms. The van der Waals surface area contributed by atoms with Gasteiger partial charge in [-0.3, -0.25) is 9.59 Å². The van der Waals surface area contributed by atoms with Gasteiger partial charge in [0.1, 0.15) is 29.0 Å². The molecule has 3 amide bonds. The van der Waals surface area contributed by atoms with E-state index >= 15 is 0 Å². The van der Waals surface area contributed by atoms with Gasteiger partial charge in [0.15, 0.2) is 0 Å². The summed E-state index contributed by atoms with van der Waals surface area (Å²) in [4.78, 5) is 48.3. The van der Waals surface area contributed by atoms with Crippen LogP contribution in [0.15, 0.2) is 40.4 Å². The van der Waals surface area contributed by atoms with Crippen molar-refractivity contribution in [2.24, 2.45) is 5.92 Å². The number of carbonyl (C=O) groups excluding carboxylic acids is 3. The molecular weight excluding hydrogens is 566 g/mol. The summed E-state index contributed by atoms with van der Waals surface area (Å²) in [5, 5.41) is 7.25. The molecule has 3 aromatic rings. The highest BCUT2D eigenvalue weighted by molar-refractivity contribution is 7.13. The monoisotopic (exact) mass is 609 g/mol. The Balaban J connectivity index is 1.41. The van der Waals surface area contributed by atoms with Crippen molar-refractivity contribution in [1.82, 2.24) is 25.3 Å². The van der Waals surface area contributed by atoms with E-state index in [1.54, 1.807) is 50.1 Å². The number of hydrogen-bond donors (Lipinski definition) is 1. The van der Waals surface area contributed by atoms with Crippen LogP contribution in [0.1, 0.15) is 89.1 Å². The summed E-state index contributed by atoms with van der Waals surface area (Å²) in [5.41, 5.74) is 4.83. The van der Waals surface area contributed by atoms with E-state index in [4.69, 9.17) is 9.26 Å². The summed E-state index contributed by atoms with van der Waals surface area (Å²) >= 11 is 1.61. The highest BCUT2D eigenvalue weighted by Gasteiger charge is 2.40. The molecule has 0 radical (unpaired) electrons. The van der Waals surface area contributed by atoms with Gasteiger partial charge in [0, 0.05) is 19.7 Å². The Morgan fingerprint density at radius 2 is 1.88 bits per heavy atom. The molecule has 0 bridgehead atoms. The first-order chi connectivity index (χ1) is 20.2. The molecule has 0 aliphatic carbocycles. The van der Waals surface area contributed by atoms with Crippen LogP contribution >= 0.6 is 11.3 Å². The zero-order chi connectivity index (χ0) is 31.5. The fraction of sp³-hybridized carbons (Fsp3) is 0.531. The van der Waals surface area contributed by atoms with Crippen molar-refractivity contribution in [3.05, 3.63) is 58.6 Å². The van der Waals surface area contributed by atoms with E-state index in [2.05, 4.69) is 15.5 Å². The van der Waals surface area contributed by atoms with Crippen LogP contribution in [-0.2, 0) is 20.9 Å². The second kappa shape index (κ2) is 13.3. The second-order valence-electron chi connectivity index (χ2n) is 12.6. The molecule has 232 valence electrons. The van der Waals surface area contributed by atoms with E-state index in [0.717, 1.165) is 28.1 Å². The van der Waals surface area contributed by atoms with Crippen LogP contribution in [0.3, 0.4) is 0 Å². The molecule has 0 saturated carbocycles. The van der Waals surface area contributed by atoms with Crippen molar-refractivity contribution in [1.29, 1.82) is 0 Å². The van der Waals surface area contributed by atoms with Gasteiger partial charge in [-0.25, -0.2) is 9.78 Å². The number of nitrogens with one attached hydrogen (secondary N) is 1. The van der Waals surface area contributed by atoms with E-state index < -0.39 is 23.7 Å². The van der Waals surface area contributed by atoms with Gasteiger partial charge in [0.05, 0.1) is 28.7 Å². The number of nitrogens with zero attached hydrogens (tertiary/aromatic N) is 4. The van der Waals surface area contributed by atoms with Crippen LogP contribution in [0.5, 0.6) is 0 Å². The van der Waals surface area contributed by atoms with E-state index in [0.29, 0.717) is 24.4 Å². The van der Waals surface area contributed by atoms with E-state index in [1.165, 1.54) is 4.90 Å². The number of carbonyl (C=O) groups is 3. The summed E-state index contributed by atoms with van der Waals surface area (Å²) in [6.45, 7) is 13.9. The molecule has 1 fully saturated rings. The maximum atomic E-state index is 13.9. The van der Waals surface area contributed by atoms with E-state index in [1.807, 2.05) is 57.5 Å². The SMILES string of the molecule is Cc1ncsc1-c1ccc(C(C)NC(=O)C2CCCN2C(=O)C(c2cc(CN(C)C(=O)OC(C)(C)C)no2)C(C)C)cc1. The Labute approximate surface area is 257 Å². The summed E-state index contributed by atoms with van der Waals surface area (Å²) in [7, 11) is 1.62. The Morgan fingerprint density at radius 1 is 1.19 bits per heavy atom. The first-order valence-corrected chi connectivity index (χ1v) is 15.6. The molecule has 1 aromatic carbocycles. The summed E-state index contributed by atoms with van der Waals surface area (Å²) in [6, 6.07) is 9.08. The zero-order valence-electron chi connectivity index (χ0n) is 26.3. The van der Waals surface area contributed by atoms with Crippen molar-refractivity contribution in [2.45, 2.75) is 91.5 Å². The second-order valence-corrected chi connectivity index (χ2v) is 13.4. The first-order valence-electron chi connectivity index (χ1n) is 14.8. The van der Waals surface area contributed by atoms with Crippen molar-refractivity contribution in [3.8, 4) is 10.4 Å². The van der Waals surface area contributed by atoms with E-state index in [-0.39, 0.29) is 30.3 Å². The van der Waals surface area contributed by atoms with Gasteiger partial charge in [0.25, 0.3) is 0 Å². The van der Waals surface area contributed by atoms with Crippen molar-refractivity contribution < 1.29 is 23.6 Å². The molecule has 3 heterocycles. The molecule has 3 unspecified atom stereocenters. The van der Waals surface area contributed by atoms with Crippen LogP contribution in [0.25, 0.3) is 10.4 Å². The van der Waals surface area contributed by atoms with Crippen molar-refractivity contribution in [3.63, 3.8) is 0 Å². The lowest BCUT2D eigenvalue weighted by atomic mass is 9.91. The minimum atomic E-state index is -0.613. The molecule has 1 saturated heterocycles. The normalized spacial score (nSPS) is 16.7. The molecule has 3 atom stereocenters. The summed E-state index contributed by atoms with van der Waals surface area (Å²) < 4.78 is 11.0. The lowest BCUT2D eigenvalue weighted by Crippen LogP contribution is -2.48. The number of benzene rings is 1. The highest BCUT2D eigenvalue weighted by Crippen LogP contribution is 2.32. The average Bonchev–Trinajstić information content (AvgIpc) is 3.69. The molecule has 1 aliphatic rings. The average molecular weight is 610 g/mol. The third-order valence-electron chi connectivity index (χ3n) is 7.54. The van der Waals surface area contributed by atoms with Crippen LogP contribution in [0.4, 0.5) is 4.79 Å². The summed E-state index contributed by atoms with van der Waals surface area (Å²) in [6.07, 6.45) is 0.870. The number of aryl methyl sites for hydroxylation is 1. The number of amides is 3.